The molecule has 0 aliphatic heterocycles. The second-order valence-electron chi connectivity index (χ2n) is 7.13. The van der Waals surface area contributed by atoms with Gasteiger partial charge in [0.2, 0.25) is 0 Å². The van der Waals surface area contributed by atoms with E-state index in [0.29, 0.717) is 0 Å². The van der Waals surface area contributed by atoms with Crippen LogP contribution in [0.2, 0.25) is 0 Å². The number of hydrogen-bond acceptors (Lipinski definition) is 9. The highest BCUT2D eigenvalue weighted by Crippen LogP contribution is 2.10. The van der Waals surface area contributed by atoms with Gasteiger partial charge in [-0.3, -0.25) is 38.7 Å². The summed E-state index contributed by atoms with van der Waals surface area (Å²) in [4.78, 5) is 70.5. The van der Waals surface area contributed by atoms with Crippen molar-refractivity contribution < 1.29 is 54.3 Å². The lowest BCUT2D eigenvalue weighted by Gasteiger charge is -2.32. The molecule has 5 N–H and O–H groups in total. The van der Waals surface area contributed by atoms with E-state index in [4.69, 9.17) is 20.4 Å². The molecular weight excluding hydrogens is 434 g/mol. The quantitative estimate of drug-likeness (QED) is 0.141. The van der Waals surface area contributed by atoms with Crippen LogP contribution in [0.5, 0.6) is 0 Å². The fourth-order valence-electron chi connectivity index (χ4n) is 2.96. The van der Waals surface area contributed by atoms with E-state index in [1.54, 1.807) is 0 Å². The number of carboxylic acid groups (broad SMARTS) is 5. The average molecular weight is 463 g/mol. The van der Waals surface area contributed by atoms with E-state index in [-0.39, 0.29) is 44.8 Å². The standard InChI is InChI=1S/C18H29N3O11/c1-12(22)2-3-13(18(31)32)21(6-4-19(8-14(23)24)9-15(25)26)7-5-20(10-16(27)28)11-17(29)30/h13H,2-11H2,1H3,(H,23,24)(H,25,26)(H,27,28)(H,29,30)(H,31,32). The average Bonchev–Trinajstić information content (AvgIpc) is 2.60. The molecule has 0 aromatic carbocycles. The first kappa shape index (κ1) is 28.9. The maximum atomic E-state index is 11.8. The zero-order valence-corrected chi connectivity index (χ0v) is 17.7. The number of carbonyl (C=O) groups is 6. The minimum atomic E-state index is -1.28. The van der Waals surface area contributed by atoms with E-state index < -0.39 is 62.1 Å². The lowest BCUT2D eigenvalue weighted by Crippen LogP contribution is -2.50. The molecule has 0 aliphatic rings. The minimum absolute atomic E-state index is 0.0601. The molecule has 0 bridgehead atoms. The third-order valence-electron chi connectivity index (χ3n) is 4.34. The highest BCUT2D eigenvalue weighted by atomic mass is 16.4. The number of hydrogen-bond donors (Lipinski definition) is 5. The summed E-state index contributed by atoms with van der Waals surface area (Å²) >= 11 is 0. The first-order valence-electron chi connectivity index (χ1n) is 9.60. The first-order valence-corrected chi connectivity index (χ1v) is 9.60. The topological polar surface area (TPSA) is 213 Å². The molecular formula is C18H29N3O11. The second kappa shape index (κ2) is 14.8. The van der Waals surface area contributed by atoms with Crippen LogP contribution in [0.25, 0.3) is 0 Å². The summed E-state index contributed by atoms with van der Waals surface area (Å²) in [7, 11) is 0. The Morgan fingerprint density at radius 2 is 0.969 bits per heavy atom. The van der Waals surface area contributed by atoms with Crippen molar-refractivity contribution in [2.45, 2.75) is 25.8 Å². The van der Waals surface area contributed by atoms with Gasteiger partial charge in [0.05, 0.1) is 26.2 Å². The molecule has 0 saturated heterocycles. The normalized spacial score (nSPS) is 12.1. The molecule has 0 amide bonds. The van der Waals surface area contributed by atoms with E-state index in [2.05, 4.69) is 0 Å². The third kappa shape index (κ3) is 14.0. The van der Waals surface area contributed by atoms with Crippen molar-refractivity contribution in [2.75, 3.05) is 52.4 Å². The summed E-state index contributed by atoms with van der Waals surface area (Å²) in [5.74, 6) is -6.65. The molecule has 32 heavy (non-hydrogen) atoms. The van der Waals surface area contributed by atoms with Crippen LogP contribution >= 0.6 is 0 Å². The predicted molar refractivity (Wildman–Crippen MR) is 106 cm³/mol. The Hall–Kier alpha value is -3.10. The summed E-state index contributed by atoms with van der Waals surface area (Å²) in [6, 6.07) is -1.20. The summed E-state index contributed by atoms with van der Waals surface area (Å²) in [5, 5.41) is 45.4. The number of carboxylic acids is 5. The van der Waals surface area contributed by atoms with Gasteiger partial charge in [0.1, 0.15) is 11.8 Å². The van der Waals surface area contributed by atoms with Gasteiger partial charge in [-0.2, -0.15) is 0 Å². The largest absolute Gasteiger partial charge is 0.480 e. The van der Waals surface area contributed by atoms with Crippen LogP contribution in [0.1, 0.15) is 19.8 Å². The SMILES string of the molecule is CC(=O)CCC(C(=O)O)N(CCN(CC(=O)O)CC(=O)O)CCN(CC(=O)O)CC(=O)O. The second-order valence-corrected chi connectivity index (χ2v) is 7.13. The van der Waals surface area contributed by atoms with Crippen molar-refractivity contribution in [1.29, 1.82) is 0 Å². The fraction of sp³-hybridized carbons (Fsp3) is 0.667. The van der Waals surface area contributed by atoms with Crippen LogP contribution in [-0.4, -0.2) is 134 Å². The van der Waals surface area contributed by atoms with Crippen LogP contribution in [0.15, 0.2) is 0 Å². The highest BCUT2D eigenvalue weighted by Gasteiger charge is 2.27. The van der Waals surface area contributed by atoms with E-state index in [1.807, 2.05) is 0 Å². The number of nitrogens with zero attached hydrogens (tertiary/aromatic N) is 3. The van der Waals surface area contributed by atoms with Gasteiger partial charge in [-0.1, -0.05) is 0 Å². The van der Waals surface area contributed by atoms with Gasteiger partial charge >= 0.3 is 29.8 Å². The highest BCUT2D eigenvalue weighted by molar-refractivity contribution is 5.78. The molecule has 0 radical (unpaired) electrons. The lowest BCUT2D eigenvalue weighted by molar-refractivity contribution is -0.146. The molecule has 0 aromatic rings. The first-order chi connectivity index (χ1) is 14.8. The number of Topliss-reactive ketones (excluding diaryl/α,β-unsaturated/α-hetero) is 1. The monoisotopic (exact) mass is 463 g/mol. The molecule has 0 heterocycles. The van der Waals surface area contributed by atoms with Gasteiger partial charge < -0.3 is 30.3 Å². The van der Waals surface area contributed by atoms with E-state index >= 15 is 0 Å². The smallest absolute Gasteiger partial charge is 0.320 e. The van der Waals surface area contributed by atoms with Gasteiger partial charge in [0, 0.05) is 32.6 Å². The molecule has 0 spiro atoms. The van der Waals surface area contributed by atoms with Gasteiger partial charge in [-0.15, -0.1) is 0 Å². The number of carbonyl (C=O) groups excluding carboxylic acids is 1. The van der Waals surface area contributed by atoms with Gasteiger partial charge in [0.25, 0.3) is 0 Å². The van der Waals surface area contributed by atoms with Crippen LogP contribution in [-0.2, 0) is 28.8 Å². The van der Waals surface area contributed by atoms with E-state index in [0.717, 1.165) is 9.80 Å². The van der Waals surface area contributed by atoms with Crippen molar-refractivity contribution >= 4 is 35.6 Å². The van der Waals surface area contributed by atoms with Crippen molar-refractivity contribution in [3.63, 3.8) is 0 Å². The van der Waals surface area contributed by atoms with Gasteiger partial charge in [-0.25, -0.2) is 0 Å². The molecule has 0 aromatic heterocycles. The number of aliphatic carboxylic acids is 5. The van der Waals surface area contributed by atoms with Crippen molar-refractivity contribution in [1.82, 2.24) is 14.7 Å². The van der Waals surface area contributed by atoms with Gasteiger partial charge in [-0.05, 0) is 13.3 Å². The van der Waals surface area contributed by atoms with Crippen LogP contribution < -0.4 is 0 Å². The predicted octanol–water partition coefficient (Wildman–Crippen LogP) is -1.95. The Balaban J connectivity index is 5.53. The fourth-order valence-corrected chi connectivity index (χ4v) is 2.96. The van der Waals surface area contributed by atoms with Crippen LogP contribution in [0, 0.1) is 0 Å². The molecule has 182 valence electrons. The molecule has 0 rings (SSSR count). The molecule has 0 saturated carbocycles. The van der Waals surface area contributed by atoms with Crippen molar-refractivity contribution in [3.05, 3.63) is 0 Å². The minimum Gasteiger partial charge on any atom is -0.480 e. The Morgan fingerprint density at radius 1 is 0.625 bits per heavy atom. The molecule has 14 heteroatoms. The van der Waals surface area contributed by atoms with E-state index in [9.17, 15) is 33.9 Å². The Kier molecular flexibility index (Phi) is 13.4. The Morgan fingerprint density at radius 3 is 1.22 bits per heavy atom. The lowest BCUT2D eigenvalue weighted by atomic mass is 10.1. The summed E-state index contributed by atoms with van der Waals surface area (Å²) in [5.41, 5.74) is 0. The maximum absolute atomic E-state index is 11.8. The van der Waals surface area contributed by atoms with Crippen LogP contribution in [0.3, 0.4) is 0 Å². The molecule has 14 nitrogen and oxygen atoms in total. The van der Waals surface area contributed by atoms with Gasteiger partial charge in [0.15, 0.2) is 0 Å². The maximum Gasteiger partial charge on any atom is 0.320 e. The zero-order chi connectivity index (χ0) is 24.8. The van der Waals surface area contributed by atoms with E-state index in [1.165, 1.54) is 11.8 Å². The summed E-state index contributed by atoms with van der Waals surface area (Å²) in [6.07, 6.45) is -0.143. The Bertz CT molecular complexity index is 626. The molecule has 0 aliphatic carbocycles. The van der Waals surface area contributed by atoms with Crippen molar-refractivity contribution in [3.8, 4) is 0 Å². The summed E-state index contributed by atoms with van der Waals surface area (Å²) < 4.78 is 0. The summed E-state index contributed by atoms with van der Waals surface area (Å²) in [6.45, 7) is -1.62. The number of rotatable bonds is 19. The molecule has 1 atom stereocenters. The number of ketones is 1. The molecule has 1 unspecified atom stereocenters. The molecule has 0 fully saturated rings. The van der Waals surface area contributed by atoms with Crippen molar-refractivity contribution in [2.24, 2.45) is 0 Å². The Labute approximate surface area is 183 Å². The van der Waals surface area contributed by atoms with Crippen LogP contribution in [0.4, 0.5) is 0 Å². The zero-order valence-electron chi connectivity index (χ0n) is 17.7. The third-order valence-corrected chi connectivity index (χ3v) is 4.34.